The van der Waals surface area contributed by atoms with Gasteiger partial charge in [-0.15, -0.1) is 0 Å². The smallest absolute Gasteiger partial charge is 0.254 e. The molecule has 4 rings (SSSR count). The molecule has 0 unspecified atom stereocenters. The van der Waals surface area contributed by atoms with Crippen LogP contribution in [-0.2, 0) is 11.3 Å². The predicted molar refractivity (Wildman–Crippen MR) is 111 cm³/mol. The van der Waals surface area contributed by atoms with Gasteiger partial charge in [0.1, 0.15) is 11.6 Å². The molecule has 7 heteroatoms. The van der Waals surface area contributed by atoms with Crippen molar-refractivity contribution < 1.29 is 13.9 Å². The van der Waals surface area contributed by atoms with E-state index in [1.165, 1.54) is 25.0 Å². The minimum Gasteiger partial charge on any atom is -0.381 e. The van der Waals surface area contributed by atoms with Crippen LogP contribution in [0.25, 0.3) is 0 Å². The van der Waals surface area contributed by atoms with Crippen molar-refractivity contribution in [1.82, 2.24) is 20.2 Å². The van der Waals surface area contributed by atoms with E-state index >= 15 is 0 Å². The van der Waals surface area contributed by atoms with Crippen molar-refractivity contribution in [2.45, 2.75) is 57.7 Å². The number of benzene rings is 1. The fourth-order valence-electron chi connectivity index (χ4n) is 4.43. The zero-order chi connectivity index (χ0) is 20.9. The summed E-state index contributed by atoms with van der Waals surface area (Å²) in [4.78, 5) is 24.5. The first-order valence-corrected chi connectivity index (χ1v) is 10.8. The lowest BCUT2D eigenvalue weighted by molar-refractivity contribution is 0.00207. The fourth-order valence-corrected chi connectivity index (χ4v) is 4.43. The molecule has 3 heterocycles. The number of ether oxygens (including phenoxy) is 1. The number of nitrogens with one attached hydrogen (secondary N) is 1. The SMILES string of the molecule is Cc1nc([C@@H]2CCCCN2C2CCOCC2)ncc1C(=O)NCc1ccc(F)cc1. The summed E-state index contributed by atoms with van der Waals surface area (Å²) in [6, 6.07) is 6.83. The molecule has 2 saturated heterocycles. The lowest BCUT2D eigenvalue weighted by Crippen LogP contribution is -2.44. The van der Waals surface area contributed by atoms with E-state index in [0.717, 1.165) is 50.4 Å². The van der Waals surface area contributed by atoms with Crippen LogP contribution in [0.5, 0.6) is 0 Å². The summed E-state index contributed by atoms with van der Waals surface area (Å²) < 4.78 is 18.6. The van der Waals surface area contributed by atoms with Crippen LogP contribution < -0.4 is 5.32 Å². The van der Waals surface area contributed by atoms with Crippen LogP contribution >= 0.6 is 0 Å². The Morgan fingerprint density at radius 2 is 1.97 bits per heavy atom. The van der Waals surface area contributed by atoms with Crippen molar-refractivity contribution in [2.75, 3.05) is 19.8 Å². The second-order valence-corrected chi connectivity index (χ2v) is 8.13. The molecule has 0 radical (unpaired) electrons. The van der Waals surface area contributed by atoms with E-state index in [1.807, 2.05) is 6.92 Å². The van der Waals surface area contributed by atoms with E-state index in [1.54, 1.807) is 18.3 Å². The van der Waals surface area contributed by atoms with Crippen molar-refractivity contribution in [3.05, 3.63) is 58.9 Å². The van der Waals surface area contributed by atoms with Crippen LogP contribution in [0.3, 0.4) is 0 Å². The highest BCUT2D eigenvalue weighted by atomic mass is 19.1. The Morgan fingerprint density at radius 1 is 1.20 bits per heavy atom. The molecule has 30 heavy (non-hydrogen) atoms. The Bertz CT molecular complexity index is 868. The Hall–Kier alpha value is -2.38. The van der Waals surface area contributed by atoms with Crippen molar-refractivity contribution in [1.29, 1.82) is 0 Å². The van der Waals surface area contributed by atoms with Gasteiger partial charge >= 0.3 is 0 Å². The second kappa shape index (κ2) is 9.62. The zero-order valence-electron chi connectivity index (χ0n) is 17.4. The van der Waals surface area contributed by atoms with Crippen LogP contribution in [0.2, 0.25) is 0 Å². The molecule has 2 aliphatic heterocycles. The van der Waals surface area contributed by atoms with Gasteiger partial charge in [0.2, 0.25) is 0 Å². The van der Waals surface area contributed by atoms with Crippen LogP contribution in [0.15, 0.2) is 30.5 Å². The molecule has 1 amide bonds. The molecule has 0 bridgehead atoms. The minimum atomic E-state index is -0.289. The molecule has 2 aromatic rings. The highest BCUT2D eigenvalue weighted by Gasteiger charge is 2.32. The van der Waals surface area contributed by atoms with Crippen molar-refractivity contribution in [3.63, 3.8) is 0 Å². The summed E-state index contributed by atoms with van der Waals surface area (Å²) >= 11 is 0. The number of halogens is 1. The molecule has 160 valence electrons. The Kier molecular flexibility index (Phi) is 6.69. The monoisotopic (exact) mass is 412 g/mol. The maximum absolute atomic E-state index is 13.0. The van der Waals surface area contributed by atoms with E-state index in [9.17, 15) is 9.18 Å². The number of likely N-dealkylation sites (tertiary alicyclic amines) is 1. The number of carbonyl (C=O) groups excluding carboxylic acids is 1. The first kappa shape index (κ1) is 20.9. The zero-order valence-corrected chi connectivity index (χ0v) is 17.4. The summed E-state index contributed by atoms with van der Waals surface area (Å²) in [5.74, 6) is 0.310. The number of aryl methyl sites for hydroxylation is 1. The molecule has 1 aromatic carbocycles. The number of amides is 1. The third-order valence-corrected chi connectivity index (χ3v) is 6.11. The number of aromatic nitrogens is 2. The van der Waals surface area contributed by atoms with Gasteiger partial charge in [-0.2, -0.15) is 0 Å². The van der Waals surface area contributed by atoms with Crippen molar-refractivity contribution in [2.24, 2.45) is 0 Å². The largest absolute Gasteiger partial charge is 0.381 e. The van der Waals surface area contributed by atoms with Gasteiger partial charge in [0, 0.05) is 32.0 Å². The third kappa shape index (κ3) is 4.84. The first-order chi connectivity index (χ1) is 14.6. The van der Waals surface area contributed by atoms with Gasteiger partial charge in [0.15, 0.2) is 0 Å². The number of hydrogen-bond acceptors (Lipinski definition) is 5. The minimum absolute atomic E-state index is 0.205. The summed E-state index contributed by atoms with van der Waals surface area (Å²) in [5.41, 5.74) is 2.01. The lowest BCUT2D eigenvalue weighted by atomic mass is 9.96. The Balaban J connectivity index is 1.44. The number of nitrogens with zero attached hydrogens (tertiary/aromatic N) is 3. The van der Waals surface area contributed by atoms with E-state index in [-0.39, 0.29) is 17.8 Å². The molecule has 1 N–H and O–H groups in total. The normalized spacial score (nSPS) is 20.8. The molecule has 2 aliphatic rings. The van der Waals surface area contributed by atoms with E-state index < -0.39 is 0 Å². The van der Waals surface area contributed by atoms with Crippen LogP contribution in [0, 0.1) is 12.7 Å². The van der Waals surface area contributed by atoms with Gasteiger partial charge in [-0.1, -0.05) is 18.6 Å². The van der Waals surface area contributed by atoms with Crippen molar-refractivity contribution >= 4 is 5.91 Å². The highest BCUT2D eigenvalue weighted by molar-refractivity contribution is 5.94. The summed E-state index contributed by atoms with van der Waals surface area (Å²) in [6.07, 6.45) is 7.18. The molecule has 1 atom stereocenters. The highest BCUT2D eigenvalue weighted by Crippen LogP contribution is 2.33. The molecular weight excluding hydrogens is 383 g/mol. The number of hydrogen-bond donors (Lipinski definition) is 1. The van der Waals surface area contributed by atoms with Crippen molar-refractivity contribution in [3.8, 4) is 0 Å². The second-order valence-electron chi connectivity index (χ2n) is 8.13. The first-order valence-electron chi connectivity index (χ1n) is 10.8. The molecule has 2 fully saturated rings. The molecule has 6 nitrogen and oxygen atoms in total. The van der Waals surface area contributed by atoms with E-state index in [0.29, 0.717) is 23.8 Å². The fraction of sp³-hybridized carbons (Fsp3) is 0.522. The molecule has 0 spiro atoms. The summed E-state index contributed by atoms with van der Waals surface area (Å²) in [6.45, 7) is 4.90. The molecule has 0 saturated carbocycles. The molecule has 0 aliphatic carbocycles. The molecular formula is C23H29FN4O2. The third-order valence-electron chi connectivity index (χ3n) is 6.11. The van der Waals surface area contributed by atoms with Crippen LogP contribution in [-0.4, -0.2) is 46.6 Å². The molecule has 1 aromatic heterocycles. The number of carbonyl (C=O) groups is 1. The predicted octanol–water partition coefficient (Wildman–Crippen LogP) is 3.56. The average molecular weight is 413 g/mol. The maximum atomic E-state index is 13.0. The van der Waals surface area contributed by atoms with E-state index in [4.69, 9.17) is 9.72 Å². The van der Waals surface area contributed by atoms with Crippen LogP contribution in [0.1, 0.15) is 65.6 Å². The summed E-state index contributed by atoms with van der Waals surface area (Å²) in [7, 11) is 0. The van der Waals surface area contributed by atoms with Gasteiger partial charge in [-0.05, 0) is 56.8 Å². The quantitative estimate of drug-likeness (QED) is 0.813. The maximum Gasteiger partial charge on any atom is 0.254 e. The number of rotatable bonds is 5. The van der Waals surface area contributed by atoms with Gasteiger partial charge in [-0.3, -0.25) is 9.69 Å². The van der Waals surface area contributed by atoms with Gasteiger partial charge < -0.3 is 10.1 Å². The van der Waals surface area contributed by atoms with Gasteiger partial charge in [0.25, 0.3) is 5.91 Å². The van der Waals surface area contributed by atoms with Gasteiger partial charge in [0.05, 0.1) is 17.3 Å². The van der Waals surface area contributed by atoms with E-state index in [2.05, 4.69) is 15.2 Å². The average Bonchev–Trinajstić information content (AvgIpc) is 2.79. The summed E-state index contributed by atoms with van der Waals surface area (Å²) in [5, 5.41) is 2.87. The van der Waals surface area contributed by atoms with Gasteiger partial charge in [-0.25, -0.2) is 14.4 Å². The van der Waals surface area contributed by atoms with Crippen LogP contribution in [0.4, 0.5) is 4.39 Å². The standard InChI is InChI=1S/C23H29FN4O2/c1-16-20(23(29)26-14-17-5-7-18(24)8-6-17)15-25-22(27-16)21-4-2-3-11-28(21)19-9-12-30-13-10-19/h5-8,15,19,21H,2-4,9-14H2,1H3,(H,26,29)/t21-/m0/s1. The Labute approximate surface area is 176 Å². The lowest BCUT2D eigenvalue weighted by Gasteiger charge is -2.42. The number of piperidine rings is 1. The topological polar surface area (TPSA) is 67.3 Å². The Morgan fingerprint density at radius 3 is 2.70 bits per heavy atom.